The highest BCUT2D eigenvalue weighted by molar-refractivity contribution is 9.10. The Morgan fingerprint density at radius 3 is 2.70 bits per heavy atom. The Hall–Kier alpha value is -1.54. The number of benzene rings is 1. The Morgan fingerprint density at radius 2 is 2.10 bits per heavy atom. The van der Waals surface area contributed by atoms with Gasteiger partial charge in [-0.1, -0.05) is 15.9 Å². The molecule has 0 fully saturated rings. The summed E-state index contributed by atoms with van der Waals surface area (Å²) < 4.78 is 28.7. The molecule has 1 amide bonds. The van der Waals surface area contributed by atoms with Crippen molar-refractivity contribution in [2.45, 2.75) is 12.8 Å². The molecule has 0 bridgehead atoms. The maximum absolute atomic E-state index is 11.8. The number of halogens is 3. The van der Waals surface area contributed by atoms with Crippen LogP contribution in [0, 0.1) is 0 Å². The number of ether oxygens (including phenoxy) is 1. The van der Waals surface area contributed by atoms with Crippen LogP contribution < -0.4 is 5.32 Å². The Bertz CT molecular complexity index is 496. The normalized spacial score (nSPS) is 10.6. The fourth-order valence-corrected chi connectivity index (χ4v) is 1.71. The molecule has 1 rings (SSSR count). The highest BCUT2D eigenvalue weighted by Crippen LogP contribution is 2.21. The van der Waals surface area contributed by atoms with E-state index in [9.17, 15) is 18.4 Å². The average Bonchev–Trinajstić information content (AvgIpc) is 2.36. The van der Waals surface area contributed by atoms with E-state index < -0.39 is 24.9 Å². The lowest BCUT2D eigenvalue weighted by molar-refractivity contribution is -0.117. The van der Waals surface area contributed by atoms with Crippen LogP contribution in [0.5, 0.6) is 0 Å². The van der Waals surface area contributed by atoms with Crippen LogP contribution in [-0.2, 0) is 9.53 Å². The zero-order chi connectivity index (χ0) is 15.1. The van der Waals surface area contributed by atoms with Crippen molar-refractivity contribution in [3.8, 4) is 0 Å². The molecule has 0 spiro atoms. The van der Waals surface area contributed by atoms with Crippen LogP contribution in [0.2, 0.25) is 0 Å². The number of hydrogen-bond acceptors (Lipinski definition) is 3. The van der Waals surface area contributed by atoms with Crippen molar-refractivity contribution in [2.75, 3.05) is 18.5 Å². The molecule has 5 nitrogen and oxygen atoms in total. The molecule has 0 aliphatic carbocycles. The first-order chi connectivity index (χ1) is 9.40. The lowest BCUT2D eigenvalue weighted by Gasteiger charge is -2.09. The lowest BCUT2D eigenvalue weighted by atomic mass is 10.2. The summed E-state index contributed by atoms with van der Waals surface area (Å²) in [5.41, 5.74) is 0.0702. The fourth-order valence-electron chi connectivity index (χ4n) is 1.35. The van der Waals surface area contributed by atoms with E-state index in [-0.39, 0.29) is 24.3 Å². The molecule has 110 valence electrons. The minimum atomic E-state index is -2.58. The van der Waals surface area contributed by atoms with E-state index in [2.05, 4.69) is 26.0 Å². The first kappa shape index (κ1) is 16.5. The zero-order valence-electron chi connectivity index (χ0n) is 10.2. The van der Waals surface area contributed by atoms with Gasteiger partial charge >= 0.3 is 5.97 Å². The predicted molar refractivity (Wildman–Crippen MR) is 71.2 cm³/mol. The summed E-state index contributed by atoms with van der Waals surface area (Å²) in [6.45, 7) is -0.888. The van der Waals surface area contributed by atoms with Gasteiger partial charge in [-0.05, 0) is 18.2 Å². The first-order valence-electron chi connectivity index (χ1n) is 5.58. The second-order valence-corrected chi connectivity index (χ2v) is 4.67. The number of hydrogen-bond donors (Lipinski definition) is 2. The van der Waals surface area contributed by atoms with Crippen molar-refractivity contribution >= 4 is 33.5 Å². The molecule has 0 heterocycles. The van der Waals surface area contributed by atoms with Crippen molar-refractivity contribution in [1.82, 2.24) is 0 Å². The van der Waals surface area contributed by atoms with E-state index in [0.717, 1.165) is 0 Å². The summed E-state index contributed by atoms with van der Waals surface area (Å²) in [6, 6.07) is 4.37. The molecule has 20 heavy (non-hydrogen) atoms. The van der Waals surface area contributed by atoms with Crippen molar-refractivity contribution < 1.29 is 28.2 Å². The molecule has 2 N–H and O–H groups in total. The number of rotatable bonds is 7. The summed E-state index contributed by atoms with van der Waals surface area (Å²) >= 11 is 3.13. The van der Waals surface area contributed by atoms with Gasteiger partial charge in [-0.2, -0.15) is 0 Å². The van der Waals surface area contributed by atoms with Crippen LogP contribution in [0.15, 0.2) is 22.7 Å². The monoisotopic (exact) mass is 351 g/mol. The van der Waals surface area contributed by atoms with Crippen LogP contribution >= 0.6 is 15.9 Å². The Balaban J connectivity index is 2.55. The van der Waals surface area contributed by atoms with Crippen molar-refractivity contribution in [3.05, 3.63) is 28.2 Å². The molecule has 0 unspecified atom stereocenters. The van der Waals surface area contributed by atoms with Crippen LogP contribution in [0.4, 0.5) is 14.5 Å². The highest BCUT2D eigenvalue weighted by atomic mass is 79.9. The molecular formula is C12H12BrF2NO4. The summed E-state index contributed by atoms with van der Waals surface area (Å²) in [4.78, 5) is 22.5. The van der Waals surface area contributed by atoms with Gasteiger partial charge in [0, 0.05) is 4.47 Å². The Kier molecular flexibility index (Phi) is 6.53. The second kappa shape index (κ2) is 7.91. The van der Waals surface area contributed by atoms with E-state index in [1.165, 1.54) is 12.1 Å². The molecule has 0 saturated carbocycles. The SMILES string of the molecule is O=C(CCOCC(F)F)Nc1ccc(Br)cc1C(=O)O. The van der Waals surface area contributed by atoms with Gasteiger partial charge in [0.15, 0.2) is 0 Å². The molecule has 1 aromatic rings. The van der Waals surface area contributed by atoms with Crippen molar-refractivity contribution in [3.63, 3.8) is 0 Å². The van der Waals surface area contributed by atoms with E-state index in [0.29, 0.717) is 4.47 Å². The van der Waals surface area contributed by atoms with Gasteiger partial charge in [0.1, 0.15) is 6.61 Å². The lowest BCUT2D eigenvalue weighted by Crippen LogP contribution is -2.17. The number of carbonyl (C=O) groups is 2. The third kappa shape index (κ3) is 5.62. The maximum Gasteiger partial charge on any atom is 0.337 e. The molecule has 0 saturated heterocycles. The number of carbonyl (C=O) groups excluding carboxylic acids is 1. The molecule has 8 heteroatoms. The number of aromatic carboxylic acids is 1. The van der Waals surface area contributed by atoms with Gasteiger partial charge in [-0.25, -0.2) is 13.6 Å². The van der Waals surface area contributed by atoms with Crippen LogP contribution in [0.25, 0.3) is 0 Å². The predicted octanol–water partition coefficient (Wildman–Crippen LogP) is 2.76. The number of alkyl halides is 2. The second-order valence-electron chi connectivity index (χ2n) is 3.76. The van der Waals surface area contributed by atoms with E-state index in [1.54, 1.807) is 6.07 Å². The van der Waals surface area contributed by atoms with Crippen molar-refractivity contribution in [2.24, 2.45) is 0 Å². The molecule has 0 atom stereocenters. The van der Waals surface area contributed by atoms with Gasteiger partial charge < -0.3 is 15.2 Å². The average molecular weight is 352 g/mol. The zero-order valence-corrected chi connectivity index (χ0v) is 11.8. The van der Waals surface area contributed by atoms with Gasteiger partial charge in [0.05, 0.1) is 24.3 Å². The van der Waals surface area contributed by atoms with Gasteiger partial charge in [0.2, 0.25) is 5.91 Å². The maximum atomic E-state index is 11.8. The number of nitrogens with one attached hydrogen (secondary N) is 1. The number of carboxylic acids is 1. The summed E-state index contributed by atoms with van der Waals surface area (Å²) in [5.74, 6) is -1.69. The largest absolute Gasteiger partial charge is 0.478 e. The first-order valence-corrected chi connectivity index (χ1v) is 6.38. The third-order valence-electron chi connectivity index (χ3n) is 2.20. The minimum absolute atomic E-state index is 0.0683. The van der Waals surface area contributed by atoms with Gasteiger partial charge in [-0.3, -0.25) is 4.79 Å². The molecule has 0 aliphatic rings. The quantitative estimate of drug-likeness (QED) is 0.740. The van der Waals surface area contributed by atoms with Gasteiger partial charge in [-0.15, -0.1) is 0 Å². The molecular weight excluding hydrogens is 340 g/mol. The van der Waals surface area contributed by atoms with Crippen LogP contribution in [-0.4, -0.2) is 36.6 Å². The Labute approximate surface area is 122 Å². The number of amides is 1. The molecule has 0 aliphatic heterocycles. The number of anilines is 1. The topological polar surface area (TPSA) is 75.6 Å². The smallest absolute Gasteiger partial charge is 0.337 e. The standard InChI is InChI=1S/C12H12BrF2NO4/c13-7-1-2-9(8(5-7)12(18)19)16-11(17)3-4-20-6-10(14)15/h1-2,5,10H,3-4,6H2,(H,16,17)(H,18,19). The number of carboxylic acid groups (broad SMARTS) is 1. The van der Waals surface area contributed by atoms with Crippen molar-refractivity contribution in [1.29, 1.82) is 0 Å². The van der Waals surface area contributed by atoms with Crippen LogP contribution in [0.1, 0.15) is 16.8 Å². The Morgan fingerprint density at radius 1 is 1.40 bits per heavy atom. The summed E-state index contributed by atoms with van der Waals surface area (Å²) in [7, 11) is 0. The summed E-state index contributed by atoms with van der Waals surface area (Å²) in [5, 5.41) is 11.4. The third-order valence-corrected chi connectivity index (χ3v) is 2.70. The van der Waals surface area contributed by atoms with Crippen LogP contribution in [0.3, 0.4) is 0 Å². The van der Waals surface area contributed by atoms with E-state index in [4.69, 9.17) is 5.11 Å². The minimum Gasteiger partial charge on any atom is -0.478 e. The van der Waals surface area contributed by atoms with E-state index >= 15 is 0 Å². The van der Waals surface area contributed by atoms with Gasteiger partial charge in [0.25, 0.3) is 6.43 Å². The fraction of sp³-hybridized carbons (Fsp3) is 0.333. The molecule has 1 aromatic carbocycles. The molecule has 0 aromatic heterocycles. The van der Waals surface area contributed by atoms with E-state index in [1.807, 2.05) is 0 Å². The highest BCUT2D eigenvalue weighted by Gasteiger charge is 2.13. The summed E-state index contributed by atoms with van der Waals surface area (Å²) in [6.07, 6.45) is -2.72. The molecule has 0 radical (unpaired) electrons.